The second-order valence-electron chi connectivity index (χ2n) is 17.0. The van der Waals surface area contributed by atoms with Crippen LogP contribution in [0.1, 0.15) is 175 Å². The Morgan fingerprint density at radius 2 is 0.942 bits per heavy atom. The first-order valence-electron chi connectivity index (χ1n) is 25.9. The van der Waals surface area contributed by atoms with E-state index in [1.165, 1.54) is 0 Å². The van der Waals surface area contributed by atoms with E-state index in [0.29, 0.717) is 19.3 Å². The van der Waals surface area contributed by atoms with E-state index in [-0.39, 0.29) is 25.9 Å². The molecule has 388 valence electrons. The van der Waals surface area contributed by atoms with Gasteiger partial charge >= 0.3 is 23.9 Å². The van der Waals surface area contributed by atoms with E-state index in [2.05, 4.69) is 118 Å². The number of aliphatic carboxylic acids is 1. The number of ether oxygens (including phenoxy) is 5. The maximum Gasteiger partial charge on any atom is 0.335 e. The summed E-state index contributed by atoms with van der Waals surface area (Å²) in [6.45, 7) is 5.56. The third-order valence-electron chi connectivity index (χ3n) is 10.8. The van der Waals surface area contributed by atoms with Crippen LogP contribution in [0.5, 0.6) is 0 Å². The SMILES string of the molecule is CC/C=C\C/C=C\C/C=C\C/C=C\CCC(=O)OCC(COC1OC(C(=O)O)C(O)C(O)C1OC(=O)CCCCC/C=C\C/C=C\C/C=C\CC)OC(=O)CCCCCCC/C=C\C/C=C\CCC. The maximum atomic E-state index is 13.1. The lowest BCUT2D eigenvalue weighted by molar-refractivity contribution is -0.301. The van der Waals surface area contributed by atoms with Crippen LogP contribution in [0.25, 0.3) is 0 Å². The number of aliphatic hydroxyl groups is 2. The van der Waals surface area contributed by atoms with Gasteiger partial charge in [-0.25, -0.2) is 4.79 Å². The van der Waals surface area contributed by atoms with Gasteiger partial charge in [0.15, 0.2) is 24.6 Å². The molecule has 1 heterocycles. The lowest BCUT2D eigenvalue weighted by Crippen LogP contribution is -2.61. The number of esters is 3. The second kappa shape index (κ2) is 44.6. The monoisotopic (exact) mass is 965 g/mol. The zero-order chi connectivity index (χ0) is 50.4. The van der Waals surface area contributed by atoms with Crippen LogP contribution in [0.15, 0.2) is 109 Å². The molecule has 1 saturated heterocycles. The smallest absolute Gasteiger partial charge is 0.335 e. The summed E-state index contributed by atoms with van der Waals surface area (Å²) in [4.78, 5) is 50.8. The molecule has 0 spiro atoms. The third kappa shape index (κ3) is 35.2. The topological polar surface area (TPSA) is 175 Å². The fraction of sp³-hybridized carbons (Fsp3) is 0.614. The minimum absolute atomic E-state index is 0.0112. The van der Waals surface area contributed by atoms with Gasteiger partial charge in [0, 0.05) is 19.3 Å². The van der Waals surface area contributed by atoms with Crippen LogP contribution in [-0.4, -0.2) is 89.2 Å². The normalized spacial score (nSPS) is 19.6. The molecule has 0 amide bonds. The van der Waals surface area contributed by atoms with E-state index in [9.17, 15) is 34.5 Å². The summed E-state index contributed by atoms with van der Waals surface area (Å²) in [5, 5.41) is 31.3. The second-order valence-corrected chi connectivity index (χ2v) is 17.0. The fourth-order valence-electron chi connectivity index (χ4n) is 6.90. The molecule has 1 aliphatic rings. The van der Waals surface area contributed by atoms with Gasteiger partial charge in [-0.1, -0.05) is 162 Å². The summed E-state index contributed by atoms with van der Waals surface area (Å²) in [5.41, 5.74) is 0. The Morgan fingerprint density at radius 1 is 0.493 bits per heavy atom. The standard InChI is InChI=1S/C57H88O12/c1-4-7-10-13-16-19-22-25-28-31-34-37-40-43-49(58)65-46-48(67-50(59)44-41-38-35-32-29-26-23-20-17-14-11-8-5-2)47-66-57-55(53(62)52(61)54(69-57)56(63)64)68-51(60)45-42-39-36-33-30-27-24-21-18-15-12-9-6-3/h7,9-12,14,16,18-21,23,25,27-28,30,34,37,48,52-55,57,61-62H,4-6,8,13,15,17,22,24,26,29,31-33,35-36,38-47H2,1-3H3,(H,63,64)/b10-7-,12-9-,14-11-,19-16-,21-18-,23-20-,28-25-,30-27-,37-34-. The summed E-state index contributed by atoms with van der Waals surface area (Å²) in [7, 11) is 0. The Kier molecular flexibility index (Phi) is 40.3. The highest BCUT2D eigenvalue weighted by Crippen LogP contribution is 2.26. The van der Waals surface area contributed by atoms with Crippen molar-refractivity contribution in [3.63, 3.8) is 0 Å². The van der Waals surface area contributed by atoms with Crippen molar-refractivity contribution in [2.75, 3.05) is 13.2 Å². The molecule has 69 heavy (non-hydrogen) atoms. The highest BCUT2D eigenvalue weighted by molar-refractivity contribution is 5.74. The molecule has 0 bridgehead atoms. The minimum Gasteiger partial charge on any atom is -0.479 e. The van der Waals surface area contributed by atoms with E-state index in [1.54, 1.807) is 0 Å². The molecule has 0 aliphatic carbocycles. The van der Waals surface area contributed by atoms with Crippen molar-refractivity contribution in [1.29, 1.82) is 0 Å². The van der Waals surface area contributed by atoms with Crippen LogP contribution in [0.2, 0.25) is 0 Å². The molecule has 6 unspecified atom stereocenters. The molecule has 12 heteroatoms. The summed E-state index contributed by atoms with van der Waals surface area (Å²) in [6.07, 6.45) is 46.7. The van der Waals surface area contributed by atoms with Crippen LogP contribution >= 0.6 is 0 Å². The predicted octanol–water partition coefficient (Wildman–Crippen LogP) is 12.3. The average Bonchev–Trinajstić information content (AvgIpc) is 3.33. The minimum atomic E-state index is -1.93. The maximum absolute atomic E-state index is 13.1. The molecular weight excluding hydrogens is 877 g/mol. The summed E-state index contributed by atoms with van der Waals surface area (Å²) >= 11 is 0. The van der Waals surface area contributed by atoms with Crippen LogP contribution < -0.4 is 0 Å². The number of hydrogen-bond donors (Lipinski definition) is 3. The zero-order valence-electron chi connectivity index (χ0n) is 42.3. The van der Waals surface area contributed by atoms with Gasteiger partial charge in [0.2, 0.25) is 0 Å². The number of carboxylic acid groups (broad SMARTS) is 1. The molecule has 0 saturated carbocycles. The van der Waals surface area contributed by atoms with Gasteiger partial charge in [0.1, 0.15) is 18.8 Å². The van der Waals surface area contributed by atoms with Gasteiger partial charge in [0.05, 0.1) is 6.61 Å². The van der Waals surface area contributed by atoms with Crippen LogP contribution in [0, 0.1) is 0 Å². The molecule has 3 N–H and O–H groups in total. The van der Waals surface area contributed by atoms with E-state index in [4.69, 9.17) is 23.7 Å². The van der Waals surface area contributed by atoms with Crippen LogP contribution in [-0.2, 0) is 42.9 Å². The van der Waals surface area contributed by atoms with Crippen molar-refractivity contribution in [1.82, 2.24) is 0 Å². The van der Waals surface area contributed by atoms with Gasteiger partial charge < -0.3 is 39.0 Å². The Balaban J connectivity index is 2.82. The molecule has 6 atom stereocenters. The Hall–Kier alpha value is -4.62. The Morgan fingerprint density at radius 3 is 1.46 bits per heavy atom. The summed E-state index contributed by atoms with van der Waals surface area (Å²) in [6, 6.07) is 0. The molecule has 0 aromatic rings. The van der Waals surface area contributed by atoms with Gasteiger partial charge in [0.25, 0.3) is 0 Å². The number of aliphatic hydroxyl groups excluding tert-OH is 2. The van der Waals surface area contributed by atoms with E-state index < -0.39 is 67.3 Å². The van der Waals surface area contributed by atoms with Gasteiger partial charge in [-0.2, -0.15) is 0 Å². The van der Waals surface area contributed by atoms with Crippen molar-refractivity contribution in [3.05, 3.63) is 109 Å². The van der Waals surface area contributed by atoms with Crippen LogP contribution in [0.3, 0.4) is 0 Å². The van der Waals surface area contributed by atoms with Crippen LogP contribution in [0.4, 0.5) is 0 Å². The molecular formula is C57H88O12. The molecule has 0 aromatic heterocycles. The fourth-order valence-corrected chi connectivity index (χ4v) is 6.90. The van der Waals surface area contributed by atoms with Crippen molar-refractivity contribution in [2.45, 2.75) is 212 Å². The molecule has 0 radical (unpaired) electrons. The molecule has 12 nitrogen and oxygen atoms in total. The number of allylic oxidation sites excluding steroid dienone is 18. The van der Waals surface area contributed by atoms with E-state index >= 15 is 0 Å². The summed E-state index contributed by atoms with van der Waals surface area (Å²) < 4.78 is 28.1. The third-order valence-corrected chi connectivity index (χ3v) is 10.8. The van der Waals surface area contributed by atoms with Crippen molar-refractivity contribution >= 4 is 23.9 Å². The number of carbonyl (C=O) groups excluding carboxylic acids is 3. The number of hydrogen-bond acceptors (Lipinski definition) is 11. The van der Waals surface area contributed by atoms with Crippen molar-refractivity contribution in [2.24, 2.45) is 0 Å². The largest absolute Gasteiger partial charge is 0.479 e. The van der Waals surface area contributed by atoms with Crippen molar-refractivity contribution in [3.8, 4) is 0 Å². The first-order valence-corrected chi connectivity index (χ1v) is 25.9. The van der Waals surface area contributed by atoms with E-state index in [1.807, 2.05) is 12.2 Å². The van der Waals surface area contributed by atoms with E-state index in [0.717, 1.165) is 116 Å². The van der Waals surface area contributed by atoms with Gasteiger partial charge in [-0.05, 0) is 103 Å². The molecule has 1 aliphatic heterocycles. The highest BCUT2D eigenvalue weighted by atomic mass is 16.7. The quantitative estimate of drug-likeness (QED) is 0.0229. The van der Waals surface area contributed by atoms with Gasteiger partial charge in [-0.3, -0.25) is 14.4 Å². The molecule has 1 rings (SSSR count). The first-order chi connectivity index (χ1) is 33.6. The lowest BCUT2D eigenvalue weighted by atomic mass is 9.98. The number of carboxylic acids is 1. The lowest BCUT2D eigenvalue weighted by Gasteiger charge is -2.40. The average molecular weight is 965 g/mol. The Labute approximate surface area is 415 Å². The zero-order valence-corrected chi connectivity index (χ0v) is 42.3. The highest BCUT2D eigenvalue weighted by Gasteiger charge is 2.50. The van der Waals surface area contributed by atoms with Gasteiger partial charge in [-0.15, -0.1) is 0 Å². The predicted molar refractivity (Wildman–Crippen MR) is 275 cm³/mol. The number of rotatable bonds is 41. The molecule has 0 aromatic carbocycles. The number of unbranched alkanes of at least 4 members (excludes halogenated alkanes) is 9. The first kappa shape index (κ1) is 62.4. The summed E-state index contributed by atoms with van der Waals surface area (Å²) in [5.74, 6) is -3.31. The number of carbonyl (C=O) groups is 4. The Bertz CT molecular complexity index is 1620. The molecule has 1 fully saturated rings. The van der Waals surface area contributed by atoms with Crippen molar-refractivity contribution < 1.29 is 58.2 Å².